The Balaban J connectivity index is 2.19. The largest absolute Gasteiger partial charge is 0.494 e. The Morgan fingerprint density at radius 3 is 2.88 bits per heavy atom. The number of nitrogen functional groups attached to an aromatic ring is 1. The van der Waals surface area contributed by atoms with E-state index in [0.717, 1.165) is 0 Å². The summed E-state index contributed by atoms with van der Waals surface area (Å²) >= 11 is 0. The summed E-state index contributed by atoms with van der Waals surface area (Å²) in [6.07, 6.45) is 0.338. The lowest BCUT2D eigenvalue weighted by molar-refractivity contribution is 0.382. The molecule has 1 heterocycles. The predicted octanol–water partition coefficient (Wildman–Crippen LogP) is 1.39. The second-order valence-electron chi connectivity index (χ2n) is 3.19. The summed E-state index contributed by atoms with van der Waals surface area (Å²) in [5.41, 5.74) is 6.01. The highest BCUT2D eigenvalue weighted by Crippen LogP contribution is 2.19. The summed E-state index contributed by atoms with van der Waals surface area (Å²) in [7, 11) is 1.41. The minimum atomic E-state index is -0.424. The highest BCUT2D eigenvalue weighted by molar-refractivity contribution is 5.30. The molecule has 0 aliphatic rings. The number of hydrogen-bond acceptors (Lipinski definition) is 5. The zero-order chi connectivity index (χ0) is 11.5. The van der Waals surface area contributed by atoms with Crippen molar-refractivity contribution in [2.75, 3.05) is 12.8 Å². The SMILES string of the molecule is COc1ccc(Cc2nc(N)no2)cc1F. The van der Waals surface area contributed by atoms with Crippen LogP contribution in [0.2, 0.25) is 0 Å². The molecule has 0 atom stereocenters. The minimum absolute atomic E-state index is 0.0731. The fraction of sp³-hybridized carbons (Fsp3) is 0.200. The van der Waals surface area contributed by atoms with Gasteiger partial charge in [0, 0.05) is 0 Å². The lowest BCUT2D eigenvalue weighted by Crippen LogP contribution is -1.93. The molecule has 0 aliphatic heterocycles. The van der Waals surface area contributed by atoms with E-state index < -0.39 is 5.82 Å². The van der Waals surface area contributed by atoms with Gasteiger partial charge < -0.3 is 15.0 Å². The summed E-state index contributed by atoms with van der Waals surface area (Å²) in [6, 6.07) is 4.63. The standard InChI is InChI=1S/C10H10FN3O2/c1-15-8-3-2-6(4-7(8)11)5-9-13-10(12)14-16-9/h2-4H,5H2,1H3,(H2,12,14). The van der Waals surface area contributed by atoms with Crippen molar-refractivity contribution in [2.45, 2.75) is 6.42 Å². The highest BCUT2D eigenvalue weighted by atomic mass is 19.1. The van der Waals surface area contributed by atoms with Gasteiger partial charge in [0.05, 0.1) is 13.5 Å². The molecule has 0 saturated heterocycles. The molecule has 0 saturated carbocycles. The van der Waals surface area contributed by atoms with E-state index in [-0.39, 0.29) is 11.7 Å². The maximum atomic E-state index is 13.3. The molecule has 16 heavy (non-hydrogen) atoms. The van der Waals surface area contributed by atoms with Crippen molar-refractivity contribution in [3.05, 3.63) is 35.5 Å². The third-order valence-electron chi connectivity index (χ3n) is 2.06. The molecular weight excluding hydrogens is 213 g/mol. The molecule has 0 unspecified atom stereocenters. The lowest BCUT2D eigenvalue weighted by atomic mass is 10.1. The van der Waals surface area contributed by atoms with Gasteiger partial charge in [0.1, 0.15) is 0 Å². The van der Waals surface area contributed by atoms with Crippen molar-refractivity contribution in [2.24, 2.45) is 0 Å². The first-order valence-electron chi connectivity index (χ1n) is 4.59. The van der Waals surface area contributed by atoms with Crippen molar-refractivity contribution in [3.63, 3.8) is 0 Å². The maximum absolute atomic E-state index is 13.3. The van der Waals surface area contributed by atoms with Crippen molar-refractivity contribution < 1.29 is 13.7 Å². The molecule has 5 nitrogen and oxygen atoms in total. The van der Waals surface area contributed by atoms with Crippen molar-refractivity contribution in [1.29, 1.82) is 0 Å². The molecule has 1 aromatic heterocycles. The third-order valence-corrected chi connectivity index (χ3v) is 2.06. The van der Waals surface area contributed by atoms with E-state index in [4.69, 9.17) is 15.0 Å². The molecule has 0 aliphatic carbocycles. The van der Waals surface area contributed by atoms with Crippen LogP contribution in [0.25, 0.3) is 0 Å². The number of anilines is 1. The number of ether oxygens (including phenoxy) is 1. The summed E-state index contributed by atoms with van der Waals surface area (Å²) in [6.45, 7) is 0. The molecule has 2 N–H and O–H groups in total. The summed E-state index contributed by atoms with van der Waals surface area (Å²) < 4.78 is 23.0. The first-order valence-corrected chi connectivity index (χ1v) is 4.59. The average Bonchev–Trinajstić information content (AvgIpc) is 2.64. The van der Waals surface area contributed by atoms with E-state index >= 15 is 0 Å². The van der Waals surface area contributed by atoms with Gasteiger partial charge >= 0.3 is 0 Å². The normalized spacial score (nSPS) is 10.4. The first-order chi connectivity index (χ1) is 7.69. The fourth-order valence-electron chi connectivity index (χ4n) is 1.33. The topological polar surface area (TPSA) is 74.2 Å². The van der Waals surface area contributed by atoms with Crippen LogP contribution in [0.15, 0.2) is 22.7 Å². The Morgan fingerprint density at radius 1 is 1.50 bits per heavy atom. The van der Waals surface area contributed by atoms with Gasteiger partial charge in [0.25, 0.3) is 5.95 Å². The highest BCUT2D eigenvalue weighted by Gasteiger charge is 2.08. The number of nitrogens with zero attached hydrogens (tertiary/aromatic N) is 2. The number of benzene rings is 1. The van der Waals surface area contributed by atoms with Crippen LogP contribution in [-0.2, 0) is 6.42 Å². The molecule has 2 aromatic rings. The number of hydrogen-bond donors (Lipinski definition) is 1. The lowest BCUT2D eigenvalue weighted by Gasteiger charge is -2.02. The van der Waals surface area contributed by atoms with E-state index in [9.17, 15) is 4.39 Å². The molecule has 2 rings (SSSR count). The van der Waals surface area contributed by atoms with E-state index in [0.29, 0.717) is 17.9 Å². The summed E-state index contributed by atoms with van der Waals surface area (Å²) in [5.74, 6) is 0.201. The Kier molecular flexibility index (Phi) is 2.72. The zero-order valence-electron chi connectivity index (χ0n) is 8.61. The number of halogens is 1. The van der Waals surface area contributed by atoms with Gasteiger partial charge in [0.2, 0.25) is 5.89 Å². The molecule has 0 radical (unpaired) electrons. The van der Waals surface area contributed by atoms with E-state index in [1.807, 2.05) is 0 Å². The number of rotatable bonds is 3. The van der Waals surface area contributed by atoms with Crippen molar-refractivity contribution in [1.82, 2.24) is 10.1 Å². The van der Waals surface area contributed by atoms with Crippen LogP contribution < -0.4 is 10.5 Å². The molecule has 84 valence electrons. The Labute approximate surface area is 91.0 Å². The van der Waals surface area contributed by atoms with Crippen LogP contribution in [0.4, 0.5) is 10.3 Å². The fourth-order valence-corrected chi connectivity index (χ4v) is 1.33. The van der Waals surface area contributed by atoms with Gasteiger partial charge in [-0.15, -0.1) is 0 Å². The Hall–Kier alpha value is -2.11. The smallest absolute Gasteiger partial charge is 0.260 e. The van der Waals surface area contributed by atoms with Crippen LogP contribution in [0, 0.1) is 5.82 Å². The Morgan fingerprint density at radius 2 is 2.31 bits per heavy atom. The quantitative estimate of drug-likeness (QED) is 0.851. The maximum Gasteiger partial charge on any atom is 0.260 e. The number of aromatic nitrogens is 2. The monoisotopic (exact) mass is 223 g/mol. The number of nitrogens with two attached hydrogens (primary N) is 1. The molecule has 0 bridgehead atoms. The third kappa shape index (κ3) is 2.10. The molecule has 0 fully saturated rings. The molecule has 1 aromatic carbocycles. The predicted molar refractivity (Wildman–Crippen MR) is 54.5 cm³/mol. The van der Waals surface area contributed by atoms with E-state index in [1.54, 1.807) is 12.1 Å². The van der Waals surface area contributed by atoms with Crippen molar-refractivity contribution in [3.8, 4) is 5.75 Å². The molecule has 6 heteroatoms. The van der Waals surface area contributed by atoms with Gasteiger partial charge in [-0.05, 0) is 22.9 Å². The van der Waals surface area contributed by atoms with Crippen LogP contribution in [0.3, 0.4) is 0 Å². The van der Waals surface area contributed by atoms with Crippen molar-refractivity contribution >= 4 is 5.95 Å². The molecule has 0 amide bonds. The van der Waals surface area contributed by atoms with Gasteiger partial charge in [-0.25, -0.2) is 4.39 Å². The van der Waals surface area contributed by atoms with E-state index in [2.05, 4.69) is 10.1 Å². The van der Waals surface area contributed by atoms with Gasteiger partial charge in [0.15, 0.2) is 11.6 Å². The zero-order valence-corrected chi connectivity index (χ0v) is 8.61. The van der Waals surface area contributed by atoms with Gasteiger partial charge in [-0.1, -0.05) is 6.07 Å². The first kappa shape index (κ1) is 10.4. The van der Waals surface area contributed by atoms with Crippen LogP contribution in [0.5, 0.6) is 5.75 Å². The molecule has 0 spiro atoms. The van der Waals surface area contributed by atoms with E-state index in [1.165, 1.54) is 13.2 Å². The second kappa shape index (κ2) is 4.18. The van der Waals surface area contributed by atoms with Crippen LogP contribution in [0.1, 0.15) is 11.5 Å². The van der Waals surface area contributed by atoms with Crippen LogP contribution >= 0.6 is 0 Å². The second-order valence-corrected chi connectivity index (χ2v) is 3.19. The Bertz CT molecular complexity index is 499. The van der Waals surface area contributed by atoms with Gasteiger partial charge in [-0.2, -0.15) is 4.98 Å². The van der Waals surface area contributed by atoms with Gasteiger partial charge in [-0.3, -0.25) is 0 Å². The minimum Gasteiger partial charge on any atom is -0.494 e. The molecular formula is C10H10FN3O2. The average molecular weight is 223 g/mol. The summed E-state index contributed by atoms with van der Waals surface area (Å²) in [4.78, 5) is 3.82. The summed E-state index contributed by atoms with van der Waals surface area (Å²) in [5, 5.41) is 3.44. The number of methoxy groups -OCH3 is 1. The van der Waals surface area contributed by atoms with Crippen LogP contribution in [-0.4, -0.2) is 17.3 Å².